The smallest absolute Gasteiger partial charge is 0.320 e. The molecule has 22 heavy (non-hydrogen) atoms. The Labute approximate surface area is 155 Å². The maximum Gasteiger partial charge on any atom is 0.320 e. The number of rotatable bonds is 5. The summed E-state index contributed by atoms with van der Waals surface area (Å²) in [6.07, 6.45) is 3.45. The van der Waals surface area contributed by atoms with Crippen LogP contribution < -0.4 is 10.5 Å². The van der Waals surface area contributed by atoms with E-state index in [0.717, 1.165) is 9.14 Å². The lowest BCUT2D eigenvalue weighted by Crippen LogP contribution is -2.32. The molecule has 1 aliphatic carbocycles. The molecule has 0 amide bonds. The van der Waals surface area contributed by atoms with E-state index in [4.69, 9.17) is 15.6 Å². The number of allylic oxidation sites excluding steroid dienone is 1. The second-order valence-electron chi connectivity index (χ2n) is 4.88. The molecule has 4 N–H and O–H groups in total. The molecule has 3 atom stereocenters. The Balaban J connectivity index is 2.03. The number of alkyl halides is 1. The van der Waals surface area contributed by atoms with Crippen LogP contribution in [0.15, 0.2) is 45.8 Å². The summed E-state index contributed by atoms with van der Waals surface area (Å²) in [5.41, 5.74) is 6.35. The molecule has 7 heteroatoms. The number of hydrogen-bond acceptors (Lipinski definition) is 4. The molecule has 2 unspecified atom stereocenters. The minimum Gasteiger partial charge on any atom is -0.480 e. The van der Waals surface area contributed by atoms with Crippen LogP contribution >= 0.6 is 45.2 Å². The molecule has 0 saturated heterocycles. The normalized spacial score (nSPS) is 22.5. The number of aliphatic hydroxyl groups excluding tert-OH is 1. The van der Waals surface area contributed by atoms with Crippen LogP contribution in [0.2, 0.25) is 0 Å². The Morgan fingerprint density at radius 2 is 2.00 bits per heavy atom. The zero-order valence-corrected chi connectivity index (χ0v) is 15.8. The number of carboxylic acids is 1. The van der Waals surface area contributed by atoms with E-state index in [1.807, 2.05) is 6.08 Å². The molecule has 0 saturated carbocycles. The van der Waals surface area contributed by atoms with Crippen molar-refractivity contribution >= 4 is 51.2 Å². The summed E-state index contributed by atoms with van der Waals surface area (Å²) in [4.78, 5) is 10.7. The predicted octanol–water partition coefficient (Wildman–Crippen LogP) is 2.40. The summed E-state index contributed by atoms with van der Waals surface area (Å²) >= 11 is 4.26. The molecule has 0 radical (unpaired) electrons. The van der Waals surface area contributed by atoms with Crippen LogP contribution in [0.3, 0.4) is 0 Å². The van der Waals surface area contributed by atoms with Crippen molar-refractivity contribution in [2.75, 3.05) is 0 Å². The maximum atomic E-state index is 10.7. The molecule has 0 aromatic heterocycles. The van der Waals surface area contributed by atoms with Crippen LogP contribution in [0.1, 0.15) is 5.56 Å². The first kappa shape index (κ1) is 17.7. The quantitative estimate of drug-likeness (QED) is 0.405. The Morgan fingerprint density at radius 1 is 1.36 bits per heavy atom. The molecular weight excluding hydrogens is 512 g/mol. The Hall–Kier alpha value is -0.650. The highest BCUT2D eigenvalue weighted by atomic mass is 127. The highest BCUT2D eigenvalue weighted by Crippen LogP contribution is 2.29. The van der Waals surface area contributed by atoms with Crippen molar-refractivity contribution in [2.45, 2.75) is 22.5 Å². The molecule has 1 aliphatic rings. The molecule has 0 aliphatic heterocycles. The van der Waals surface area contributed by atoms with Gasteiger partial charge in [-0.25, -0.2) is 0 Å². The van der Waals surface area contributed by atoms with Gasteiger partial charge in [0, 0.05) is 3.58 Å². The van der Waals surface area contributed by atoms with Crippen molar-refractivity contribution in [1.82, 2.24) is 0 Å². The predicted molar refractivity (Wildman–Crippen MR) is 100 cm³/mol. The molecule has 5 nitrogen and oxygen atoms in total. The Morgan fingerprint density at radius 3 is 2.55 bits per heavy atom. The Kier molecular flexibility index (Phi) is 6.24. The fourth-order valence-corrected chi connectivity index (χ4v) is 4.03. The third-order valence-corrected chi connectivity index (χ3v) is 5.11. The molecule has 1 aromatic carbocycles. The molecule has 0 bridgehead atoms. The van der Waals surface area contributed by atoms with Crippen molar-refractivity contribution in [3.8, 4) is 5.75 Å². The zero-order chi connectivity index (χ0) is 16.3. The highest BCUT2D eigenvalue weighted by molar-refractivity contribution is 14.1. The number of halogens is 2. The summed E-state index contributed by atoms with van der Waals surface area (Å²) in [6, 6.07) is 6.25. The van der Waals surface area contributed by atoms with Gasteiger partial charge in [-0.2, -0.15) is 0 Å². The van der Waals surface area contributed by atoms with Crippen LogP contribution in [0.5, 0.6) is 5.75 Å². The molecule has 0 spiro atoms. The number of aliphatic carboxylic acids is 1. The maximum absolute atomic E-state index is 10.7. The molecule has 0 heterocycles. The number of carboxylic acid groups (broad SMARTS) is 1. The van der Waals surface area contributed by atoms with Crippen LogP contribution in [0, 0.1) is 0 Å². The first-order valence-electron chi connectivity index (χ1n) is 6.53. The molecule has 1 aromatic rings. The van der Waals surface area contributed by atoms with Crippen LogP contribution in [-0.2, 0) is 11.2 Å². The number of benzene rings is 1. The second kappa shape index (κ2) is 7.75. The minimum atomic E-state index is -1.01. The number of ether oxygens (including phenoxy) is 1. The first-order chi connectivity index (χ1) is 10.4. The lowest BCUT2D eigenvalue weighted by atomic mass is 10.1. The Bertz CT molecular complexity index is 612. The van der Waals surface area contributed by atoms with Crippen molar-refractivity contribution in [3.05, 3.63) is 51.3 Å². The van der Waals surface area contributed by atoms with Gasteiger partial charge in [0.2, 0.25) is 0 Å². The van der Waals surface area contributed by atoms with Gasteiger partial charge in [0.25, 0.3) is 0 Å². The van der Waals surface area contributed by atoms with Crippen LogP contribution in [0.4, 0.5) is 0 Å². The fraction of sp³-hybridized carbons (Fsp3) is 0.267. The van der Waals surface area contributed by atoms with Crippen molar-refractivity contribution < 1.29 is 19.7 Å². The number of hydrogen-bond donors (Lipinski definition) is 3. The van der Waals surface area contributed by atoms with E-state index in [1.165, 1.54) is 0 Å². The average Bonchev–Trinajstić information content (AvgIpc) is 2.46. The van der Waals surface area contributed by atoms with Gasteiger partial charge in [-0.3, -0.25) is 4.79 Å². The summed E-state index contributed by atoms with van der Waals surface area (Å²) < 4.78 is 6.57. The first-order valence-corrected chi connectivity index (χ1v) is 8.85. The van der Waals surface area contributed by atoms with Gasteiger partial charge in [0.15, 0.2) is 0 Å². The molecule has 2 rings (SSSR count). The van der Waals surface area contributed by atoms with Gasteiger partial charge in [0.1, 0.15) is 23.7 Å². The van der Waals surface area contributed by atoms with E-state index in [0.29, 0.717) is 11.5 Å². The van der Waals surface area contributed by atoms with Gasteiger partial charge in [0.05, 0.1) is 3.92 Å². The number of carbonyl (C=O) groups is 1. The van der Waals surface area contributed by atoms with Crippen molar-refractivity contribution in [2.24, 2.45) is 5.73 Å². The van der Waals surface area contributed by atoms with E-state index >= 15 is 0 Å². The topological polar surface area (TPSA) is 92.8 Å². The SMILES string of the molecule is N[C@@H](Cc1ccc(OC2=CC(I)C(O)C(I)=C2)cc1)C(=O)O. The van der Waals surface area contributed by atoms with Crippen molar-refractivity contribution in [1.29, 1.82) is 0 Å². The van der Waals surface area contributed by atoms with Crippen LogP contribution in [-0.4, -0.2) is 32.3 Å². The summed E-state index contributed by atoms with van der Waals surface area (Å²) in [5.74, 6) is 0.322. The molecule has 0 fully saturated rings. The lowest BCUT2D eigenvalue weighted by molar-refractivity contribution is -0.138. The summed E-state index contributed by atoms with van der Waals surface area (Å²) in [7, 11) is 0. The minimum absolute atomic E-state index is 0.0302. The van der Waals surface area contributed by atoms with Gasteiger partial charge in [-0.15, -0.1) is 0 Å². The van der Waals surface area contributed by atoms with Crippen LogP contribution in [0.25, 0.3) is 0 Å². The monoisotopic (exact) mass is 527 g/mol. The van der Waals surface area contributed by atoms with E-state index in [-0.39, 0.29) is 10.3 Å². The number of nitrogens with two attached hydrogens (primary N) is 1. The molecule has 118 valence electrons. The van der Waals surface area contributed by atoms with Crippen molar-refractivity contribution in [3.63, 3.8) is 0 Å². The van der Waals surface area contributed by atoms with E-state index in [2.05, 4.69) is 45.2 Å². The van der Waals surface area contributed by atoms with Gasteiger partial charge >= 0.3 is 5.97 Å². The highest BCUT2D eigenvalue weighted by Gasteiger charge is 2.22. The van der Waals surface area contributed by atoms with E-state index in [9.17, 15) is 9.90 Å². The third kappa shape index (κ3) is 4.67. The average molecular weight is 527 g/mol. The lowest BCUT2D eigenvalue weighted by Gasteiger charge is -2.20. The third-order valence-electron chi connectivity index (χ3n) is 3.12. The van der Waals surface area contributed by atoms with Gasteiger partial charge in [-0.05, 0) is 58.9 Å². The van der Waals surface area contributed by atoms with E-state index < -0.39 is 18.1 Å². The largest absolute Gasteiger partial charge is 0.480 e. The summed E-state index contributed by atoms with van der Waals surface area (Å²) in [6.45, 7) is 0. The molecular formula is C15H15I2NO4. The van der Waals surface area contributed by atoms with Gasteiger partial charge in [-0.1, -0.05) is 34.7 Å². The zero-order valence-electron chi connectivity index (χ0n) is 11.4. The van der Waals surface area contributed by atoms with E-state index in [1.54, 1.807) is 30.3 Å². The summed E-state index contributed by atoms with van der Waals surface area (Å²) in [5, 5.41) is 18.7. The van der Waals surface area contributed by atoms with Gasteiger partial charge < -0.3 is 20.7 Å². The standard InChI is InChI=1S/C15H15I2NO4/c16-11-6-10(7-12(17)14(11)19)22-9-3-1-8(2-4-9)5-13(18)15(20)21/h1-4,6-7,11,13-14,19H,5,18H2,(H,20,21)/t11?,13-,14?/m0/s1. The second-order valence-corrected chi connectivity index (χ2v) is 7.57. The fourth-order valence-electron chi connectivity index (χ4n) is 1.90. The number of aliphatic hydroxyl groups is 1.